The first-order valence-corrected chi connectivity index (χ1v) is 12.4. The van der Waals surface area contributed by atoms with E-state index >= 15 is 0 Å². The van der Waals surface area contributed by atoms with Crippen LogP contribution in [0.2, 0.25) is 0 Å². The van der Waals surface area contributed by atoms with Gasteiger partial charge in [0.25, 0.3) is 0 Å². The number of carbonyl (C=O) groups is 1. The lowest BCUT2D eigenvalue weighted by Gasteiger charge is -2.30. The van der Waals surface area contributed by atoms with Crippen LogP contribution in [-0.4, -0.2) is 62.9 Å². The lowest BCUT2D eigenvalue weighted by molar-refractivity contribution is -0.147. The Labute approximate surface area is 203 Å². The number of aryl methyl sites for hydroxylation is 1. The molecule has 10 nitrogen and oxygen atoms in total. The summed E-state index contributed by atoms with van der Waals surface area (Å²) in [7, 11) is 0. The molecule has 5 heterocycles. The van der Waals surface area contributed by atoms with Crippen LogP contribution in [0.15, 0.2) is 6.07 Å². The van der Waals surface area contributed by atoms with Crippen molar-refractivity contribution in [3.05, 3.63) is 22.6 Å². The quantitative estimate of drug-likeness (QED) is 0.518. The van der Waals surface area contributed by atoms with Gasteiger partial charge < -0.3 is 25.4 Å². The highest BCUT2D eigenvalue weighted by Crippen LogP contribution is 2.36. The number of alkyl halides is 3. The number of halogens is 3. The first-order chi connectivity index (χ1) is 16.8. The van der Waals surface area contributed by atoms with Crippen LogP contribution in [0.3, 0.4) is 0 Å². The van der Waals surface area contributed by atoms with Crippen LogP contribution in [0.5, 0.6) is 0 Å². The van der Waals surface area contributed by atoms with Gasteiger partial charge in [0, 0.05) is 37.1 Å². The fourth-order valence-corrected chi connectivity index (χ4v) is 5.71. The molecule has 0 spiro atoms. The molecule has 188 valence electrons. The van der Waals surface area contributed by atoms with Crippen molar-refractivity contribution in [1.29, 1.82) is 0 Å². The maximum atomic E-state index is 13.3. The average molecular weight is 510 g/mol. The topological polar surface area (TPSA) is 118 Å². The summed E-state index contributed by atoms with van der Waals surface area (Å²) in [6.07, 6.45) is -1.89. The maximum Gasteiger partial charge on any atom is 0.451 e. The Morgan fingerprint density at radius 2 is 2.06 bits per heavy atom. The standard InChI is InChI=1S/C21H26F3N9OS/c1-2-3-13-8-14-17(31-6-7-33-15(11-31)29-30-19(33)21(22,23)24)27-20(28-18(14)35-13)32-5-4-12(10-32)26-16(34)9-25/h8,12H,2-7,9-11,25H2,1H3,(H,26,34)/t12-/m0/s1. The zero-order valence-corrected chi connectivity index (χ0v) is 20.0. The smallest absolute Gasteiger partial charge is 0.350 e. The van der Waals surface area contributed by atoms with Crippen molar-refractivity contribution in [3.8, 4) is 0 Å². The molecule has 0 aliphatic carbocycles. The molecule has 2 aliphatic heterocycles. The fraction of sp³-hybridized carbons (Fsp3) is 0.571. The third-order valence-electron chi connectivity index (χ3n) is 6.24. The second-order valence-electron chi connectivity index (χ2n) is 8.74. The number of nitrogens with two attached hydrogens (primary N) is 1. The number of hydrogen-bond donors (Lipinski definition) is 2. The van der Waals surface area contributed by atoms with Crippen LogP contribution < -0.4 is 20.9 Å². The first kappa shape index (κ1) is 23.7. The number of nitrogens with zero attached hydrogens (tertiary/aromatic N) is 7. The fourth-order valence-electron chi connectivity index (χ4n) is 4.59. The minimum Gasteiger partial charge on any atom is -0.350 e. The molecule has 1 saturated heterocycles. The van der Waals surface area contributed by atoms with E-state index in [9.17, 15) is 18.0 Å². The van der Waals surface area contributed by atoms with Crippen molar-refractivity contribution in [1.82, 2.24) is 30.0 Å². The number of fused-ring (bicyclic) bond motifs is 2. The molecule has 0 unspecified atom stereocenters. The summed E-state index contributed by atoms with van der Waals surface area (Å²) in [5, 5.41) is 11.0. The lowest BCUT2D eigenvalue weighted by atomic mass is 10.2. The Kier molecular flexibility index (Phi) is 6.25. The molecule has 0 aromatic carbocycles. The largest absolute Gasteiger partial charge is 0.451 e. The Hall–Kier alpha value is -3.00. The van der Waals surface area contributed by atoms with Gasteiger partial charge in [0.15, 0.2) is 5.82 Å². The van der Waals surface area contributed by atoms with Gasteiger partial charge in [-0.3, -0.25) is 4.79 Å². The summed E-state index contributed by atoms with van der Waals surface area (Å²) in [5.74, 6) is 0.313. The average Bonchev–Trinajstić information content (AvgIpc) is 3.55. The minimum absolute atomic E-state index is 0.0397. The van der Waals surface area contributed by atoms with Gasteiger partial charge in [-0.25, -0.2) is 4.98 Å². The molecule has 1 fully saturated rings. The maximum absolute atomic E-state index is 13.3. The van der Waals surface area contributed by atoms with E-state index in [0.717, 1.165) is 34.0 Å². The Balaban J connectivity index is 1.47. The molecule has 35 heavy (non-hydrogen) atoms. The number of amides is 1. The molecular weight excluding hydrogens is 483 g/mol. The summed E-state index contributed by atoms with van der Waals surface area (Å²) in [5.41, 5.74) is 5.42. The lowest BCUT2D eigenvalue weighted by Crippen LogP contribution is -2.40. The molecule has 3 N–H and O–H groups in total. The second-order valence-corrected chi connectivity index (χ2v) is 9.86. The highest BCUT2D eigenvalue weighted by Gasteiger charge is 2.40. The predicted octanol–water partition coefficient (Wildman–Crippen LogP) is 1.93. The highest BCUT2D eigenvalue weighted by atomic mass is 32.1. The number of rotatable bonds is 6. The van der Waals surface area contributed by atoms with Crippen molar-refractivity contribution in [2.24, 2.45) is 5.73 Å². The van der Waals surface area contributed by atoms with E-state index in [1.165, 1.54) is 4.88 Å². The Morgan fingerprint density at radius 1 is 1.23 bits per heavy atom. The van der Waals surface area contributed by atoms with Gasteiger partial charge in [0.05, 0.1) is 18.5 Å². The van der Waals surface area contributed by atoms with Crippen molar-refractivity contribution in [3.63, 3.8) is 0 Å². The molecule has 0 radical (unpaired) electrons. The van der Waals surface area contributed by atoms with Crippen LogP contribution in [0.1, 0.15) is 36.3 Å². The van der Waals surface area contributed by atoms with E-state index in [0.29, 0.717) is 31.4 Å². The molecule has 3 aromatic rings. The van der Waals surface area contributed by atoms with Gasteiger partial charge in [-0.2, -0.15) is 18.2 Å². The van der Waals surface area contributed by atoms with Crippen molar-refractivity contribution >= 4 is 39.2 Å². The van der Waals surface area contributed by atoms with Gasteiger partial charge in [0.2, 0.25) is 17.7 Å². The van der Waals surface area contributed by atoms with Gasteiger partial charge in [0.1, 0.15) is 10.6 Å². The van der Waals surface area contributed by atoms with Crippen LogP contribution in [0.4, 0.5) is 24.9 Å². The van der Waals surface area contributed by atoms with E-state index in [1.54, 1.807) is 11.3 Å². The second kappa shape index (κ2) is 9.22. The molecule has 3 aromatic heterocycles. The van der Waals surface area contributed by atoms with Gasteiger partial charge in [-0.05, 0) is 18.9 Å². The number of aromatic nitrogens is 5. The monoisotopic (exact) mass is 509 g/mol. The summed E-state index contributed by atoms with van der Waals surface area (Å²) in [6, 6.07) is 2.04. The number of nitrogens with one attached hydrogen (secondary N) is 1. The number of carbonyl (C=O) groups excluding carboxylic acids is 1. The van der Waals surface area contributed by atoms with E-state index in [-0.39, 0.29) is 37.4 Å². The molecule has 1 atom stereocenters. The van der Waals surface area contributed by atoms with Crippen LogP contribution >= 0.6 is 11.3 Å². The number of thiophene rings is 1. The molecule has 5 rings (SSSR count). The molecule has 2 aliphatic rings. The van der Waals surface area contributed by atoms with E-state index in [2.05, 4.69) is 28.5 Å². The SMILES string of the molecule is CCCc1cc2c(N3CCn4c(nnc4C(F)(F)F)C3)nc(N3CC[C@H](NC(=O)CN)C3)nc2s1. The van der Waals surface area contributed by atoms with E-state index in [4.69, 9.17) is 15.7 Å². The van der Waals surface area contributed by atoms with Gasteiger partial charge >= 0.3 is 6.18 Å². The van der Waals surface area contributed by atoms with Crippen molar-refractivity contribution < 1.29 is 18.0 Å². The van der Waals surface area contributed by atoms with Crippen LogP contribution in [-0.2, 0) is 30.5 Å². The molecule has 1 amide bonds. The summed E-state index contributed by atoms with van der Waals surface area (Å²) < 4.78 is 41.0. The predicted molar refractivity (Wildman–Crippen MR) is 125 cm³/mol. The summed E-state index contributed by atoms with van der Waals surface area (Å²) in [6.45, 7) is 3.91. The molecular formula is C21H26F3N9OS. The van der Waals surface area contributed by atoms with E-state index < -0.39 is 12.0 Å². The zero-order chi connectivity index (χ0) is 24.7. The third-order valence-corrected chi connectivity index (χ3v) is 7.32. The molecule has 14 heteroatoms. The number of hydrogen-bond acceptors (Lipinski definition) is 9. The summed E-state index contributed by atoms with van der Waals surface area (Å²) >= 11 is 1.61. The highest BCUT2D eigenvalue weighted by molar-refractivity contribution is 7.18. The van der Waals surface area contributed by atoms with Crippen LogP contribution in [0, 0.1) is 0 Å². The molecule has 0 bridgehead atoms. The minimum atomic E-state index is -4.54. The summed E-state index contributed by atoms with van der Waals surface area (Å²) in [4.78, 5) is 27.4. The Morgan fingerprint density at radius 3 is 2.80 bits per heavy atom. The van der Waals surface area contributed by atoms with Crippen molar-refractivity contribution in [2.75, 3.05) is 36.0 Å². The zero-order valence-electron chi connectivity index (χ0n) is 19.2. The first-order valence-electron chi connectivity index (χ1n) is 11.6. The van der Waals surface area contributed by atoms with E-state index in [1.807, 2.05) is 9.80 Å². The number of anilines is 2. The Bertz CT molecular complexity index is 1240. The molecule has 0 saturated carbocycles. The third kappa shape index (κ3) is 4.63. The van der Waals surface area contributed by atoms with Gasteiger partial charge in [-0.1, -0.05) is 13.3 Å². The van der Waals surface area contributed by atoms with Crippen molar-refractivity contribution in [2.45, 2.75) is 51.5 Å². The normalized spacial score (nSPS) is 18.4. The van der Waals surface area contributed by atoms with Gasteiger partial charge in [-0.15, -0.1) is 21.5 Å². The van der Waals surface area contributed by atoms with Crippen LogP contribution in [0.25, 0.3) is 10.2 Å².